The Hall–Kier alpha value is -1.07. The van der Waals surface area contributed by atoms with Gasteiger partial charge in [0, 0.05) is 6.42 Å². The maximum atomic E-state index is 12.2. The van der Waals surface area contributed by atoms with Crippen molar-refractivity contribution in [2.45, 2.75) is 31.7 Å². The number of nitrogens with two attached hydrogens (primary N) is 1. The highest BCUT2D eigenvalue weighted by Gasteiger charge is 2.37. The van der Waals surface area contributed by atoms with Gasteiger partial charge in [-0.1, -0.05) is 29.8 Å². The summed E-state index contributed by atoms with van der Waals surface area (Å²) in [4.78, 5) is 0. The molecule has 0 fully saturated rings. The molecule has 1 aromatic rings. The van der Waals surface area contributed by atoms with Crippen LogP contribution in [0.1, 0.15) is 23.7 Å². The van der Waals surface area contributed by atoms with Crippen LogP contribution in [0, 0.1) is 6.92 Å². The van der Waals surface area contributed by atoms with E-state index in [0.717, 1.165) is 5.56 Å². The third-order valence-electron chi connectivity index (χ3n) is 2.32. The van der Waals surface area contributed by atoms with Crippen molar-refractivity contribution in [1.82, 2.24) is 0 Å². The number of rotatable bonds is 3. The summed E-state index contributed by atoms with van der Waals surface area (Å²) in [6, 6.07) is 4.73. The molecular formula is C11H14F3NO. The van der Waals surface area contributed by atoms with E-state index in [1.807, 2.05) is 0 Å². The van der Waals surface area contributed by atoms with Gasteiger partial charge in [-0.25, -0.2) is 0 Å². The van der Waals surface area contributed by atoms with E-state index in [4.69, 9.17) is 5.73 Å². The van der Waals surface area contributed by atoms with Crippen molar-refractivity contribution in [3.05, 3.63) is 35.4 Å². The summed E-state index contributed by atoms with van der Waals surface area (Å²) in [5.74, 6) is 0. The summed E-state index contributed by atoms with van der Waals surface area (Å²) in [5.41, 5.74) is 6.29. The number of alkyl halides is 3. The minimum Gasteiger partial charge on any atom is -0.388 e. The molecular weight excluding hydrogens is 219 g/mol. The molecule has 0 radical (unpaired) electrons. The lowest BCUT2D eigenvalue weighted by molar-refractivity contribution is -0.153. The van der Waals surface area contributed by atoms with Crippen LogP contribution in [-0.4, -0.2) is 17.3 Å². The highest BCUT2D eigenvalue weighted by atomic mass is 19.4. The van der Waals surface area contributed by atoms with Crippen LogP contribution in [-0.2, 0) is 0 Å². The minimum absolute atomic E-state index is 0.458. The second-order valence-corrected chi connectivity index (χ2v) is 3.81. The Balaban J connectivity index is 2.69. The van der Waals surface area contributed by atoms with Gasteiger partial charge in [-0.3, -0.25) is 0 Å². The quantitative estimate of drug-likeness (QED) is 0.841. The molecule has 3 N–H and O–H groups in total. The Morgan fingerprint density at radius 2 is 2.00 bits per heavy atom. The van der Waals surface area contributed by atoms with Crippen molar-refractivity contribution in [1.29, 1.82) is 0 Å². The molecule has 0 saturated carbocycles. The van der Waals surface area contributed by atoms with E-state index in [0.29, 0.717) is 5.56 Å². The topological polar surface area (TPSA) is 46.2 Å². The number of hydrogen-bond acceptors (Lipinski definition) is 2. The average Bonchev–Trinajstić information content (AvgIpc) is 2.16. The first kappa shape index (κ1) is 13.0. The summed E-state index contributed by atoms with van der Waals surface area (Å²) < 4.78 is 36.5. The van der Waals surface area contributed by atoms with E-state index in [1.54, 1.807) is 31.2 Å². The van der Waals surface area contributed by atoms with Crippen LogP contribution in [0.2, 0.25) is 0 Å². The number of hydrogen-bond donors (Lipinski definition) is 2. The van der Waals surface area contributed by atoms with Crippen LogP contribution in [0.4, 0.5) is 13.2 Å². The zero-order chi connectivity index (χ0) is 12.3. The number of aryl methyl sites for hydroxylation is 1. The summed E-state index contributed by atoms with van der Waals surface area (Å²) in [7, 11) is 0. The monoisotopic (exact) mass is 233 g/mol. The van der Waals surface area contributed by atoms with Crippen molar-refractivity contribution in [2.75, 3.05) is 0 Å². The molecule has 1 rings (SSSR count). The van der Waals surface area contributed by atoms with E-state index in [2.05, 4.69) is 0 Å². The molecule has 90 valence electrons. The SMILES string of the molecule is Cc1cccc([C@H](O)C[C@H](N)C(F)(F)F)c1. The van der Waals surface area contributed by atoms with Gasteiger partial charge in [-0.05, 0) is 12.5 Å². The van der Waals surface area contributed by atoms with Crippen LogP contribution < -0.4 is 5.73 Å². The Bertz CT molecular complexity index is 351. The van der Waals surface area contributed by atoms with Crippen molar-refractivity contribution in [3.63, 3.8) is 0 Å². The van der Waals surface area contributed by atoms with Crippen LogP contribution in [0.3, 0.4) is 0 Å². The molecule has 16 heavy (non-hydrogen) atoms. The van der Waals surface area contributed by atoms with Crippen LogP contribution >= 0.6 is 0 Å². The molecule has 0 heterocycles. The van der Waals surface area contributed by atoms with Gasteiger partial charge in [0.25, 0.3) is 0 Å². The lowest BCUT2D eigenvalue weighted by Gasteiger charge is -2.19. The fourth-order valence-corrected chi connectivity index (χ4v) is 1.39. The zero-order valence-corrected chi connectivity index (χ0v) is 8.83. The summed E-state index contributed by atoms with van der Waals surface area (Å²) in [6.07, 6.45) is -6.17. The normalized spacial score (nSPS) is 15.9. The predicted molar refractivity (Wildman–Crippen MR) is 54.8 cm³/mol. The molecule has 0 aliphatic heterocycles. The molecule has 0 unspecified atom stereocenters. The second-order valence-electron chi connectivity index (χ2n) is 3.81. The molecule has 0 amide bonds. The first-order chi connectivity index (χ1) is 7.30. The van der Waals surface area contributed by atoms with Gasteiger partial charge in [0.15, 0.2) is 0 Å². The van der Waals surface area contributed by atoms with Gasteiger partial charge in [-0.15, -0.1) is 0 Å². The van der Waals surface area contributed by atoms with Gasteiger partial charge in [0.05, 0.1) is 6.10 Å². The summed E-state index contributed by atoms with van der Waals surface area (Å²) >= 11 is 0. The molecule has 0 aliphatic carbocycles. The Morgan fingerprint density at radius 3 is 2.50 bits per heavy atom. The molecule has 0 bridgehead atoms. The van der Waals surface area contributed by atoms with Crippen LogP contribution in [0.15, 0.2) is 24.3 Å². The third kappa shape index (κ3) is 3.50. The first-order valence-corrected chi connectivity index (χ1v) is 4.87. The number of benzene rings is 1. The first-order valence-electron chi connectivity index (χ1n) is 4.87. The minimum atomic E-state index is -4.47. The van der Waals surface area contributed by atoms with E-state index in [9.17, 15) is 18.3 Å². The number of aliphatic hydroxyl groups is 1. The maximum Gasteiger partial charge on any atom is 0.403 e. The van der Waals surface area contributed by atoms with Gasteiger partial charge < -0.3 is 10.8 Å². The highest BCUT2D eigenvalue weighted by Crippen LogP contribution is 2.26. The van der Waals surface area contributed by atoms with Crippen LogP contribution in [0.5, 0.6) is 0 Å². The fourth-order valence-electron chi connectivity index (χ4n) is 1.39. The van der Waals surface area contributed by atoms with E-state index < -0.39 is 24.7 Å². The average molecular weight is 233 g/mol. The zero-order valence-electron chi connectivity index (χ0n) is 8.83. The summed E-state index contributed by atoms with van der Waals surface area (Å²) in [5, 5.41) is 9.60. The van der Waals surface area contributed by atoms with Crippen molar-refractivity contribution in [3.8, 4) is 0 Å². The van der Waals surface area contributed by atoms with Crippen LogP contribution in [0.25, 0.3) is 0 Å². The second kappa shape index (κ2) is 4.84. The summed E-state index contributed by atoms with van der Waals surface area (Å²) in [6.45, 7) is 1.81. The smallest absolute Gasteiger partial charge is 0.388 e. The highest BCUT2D eigenvalue weighted by molar-refractivity contribution is 5.24. The molecule has 2 nitrogen and oxygen atoms in total. The molecule has 5 heteroatoms. The molecule has 0 aliphatic rings. The number of halogens is 3. The fraction of sp³-hybridized carbons (Fsp3) is 0.455. The van der Waals surface area contributed by atoms with Gasteiger partial charge in [-0.2, -0.15) is 13.2 Å². The molecule has 1 aromatic carbocycles. The molecule has 0 aromatic heterocycles. The predicted octanol–water partition coefficient (Wildman–Crippen LogP) is 2.31. The molecule has 0 saturated heterocycles. The van der Waals surface area contributed by atoms with Gasteiger partial charge in [0.1, 0.15) is 6.04 Å². The Labute approximate surface area is 91.9 Å². The van der Waals surface area contributed by atoms with E-state index in [1.165, 1.54) is 0 Å². The Kier molecular flexibility index (Phi) is 3.93. The van der Waals surface area contributed by atoms with E-state index in [-0.39, 0.29) is 0 Å². The van der Waals surface area contributed by atoms with Gasteiger partial charge >= 0.3 is 6.18 Å². The molecule has 2 atom stereocenters. The van der Waals surface area contributed by atoms with Crippen molar-refractivity contribution >= 4 is 0 Å². The standard InChI is InChI=1S/C11H14F3NO/c1-7-3-2-4-8(5-7)9(16)6-10(15)11(12,13)14/h2-5,9-10,16H,6,15H2,1H3/t9-,10+/m1/s1. The Morgan fingerprint density at radius 1 is 1.38 bits per heavy atom. The number of aliphatic hydroxyl groups excluding tert-OH is 1. The largest absolute Gasteiger partial charge is 0.403 e. The lowest BCUT2D eigenvalue weighted by atomic mass is 10.0. The third-order valence-corrected chi connectivity index (χ3v) is 2.32. The molecule has 0 spiro atoms. The maximum absolute atomic E-state index is 12.2. The van der Waals surface area contributed by atoms with E-state index >= 15 is 0 Å². The van der Waals surface area contributed by atoms with Gasteiger partial charge in [0.2, 0.25) is 0 Å². The van der Waals surface area contributed by atoms with Crippen molar-refractivity contribution in [2.24, 2.45) is 5.73 Å². The lowest BCUT2D eigenvalue weighted by Crippen LogP contribution is -2.38. The van der Waals surface area contributed by atoms with Crippen molar-refractivity contribution < 1.29 is 18.3 Å².